The van der Waals surface area contributed by atoms with Crippen LogP contribution in [-0.2, 0) is 0 Å². The third-order valence-electron chi connectivity index (χ3n) is 2.05. The normalized spacial score (nSPS) is 12.4. The molecular formula is C8H10N6OS. The first-order valence-electron chi connectivity index (χ1n) is 4.63. The summed E-state index contributed by atoms with van der Waals surface area (Å²) in [6.45, 7) is 3.57. The SMILES string of the molecule is Cc1nnsc1C(=O)NC(C)c1ncn[nH]1. The number of nitrogens with one attached hydrogen (secondary N) is 2. The van der Waals surface area contributed by atoms with E-state index in [0.29, 0.717) is 16.4 Å². The van der Waals surface area contributed by atoms with Gasteiger partial charge in [0.05, 0.1) is 11.7 Å². The Morgan fingerprint density at radius 2 is 2.44 bits per heavy atom. The largest absolute Gasteiger partial charge is 0.342 e. The lowest BCUT2D eigenvalue weighted by Crippen LogP contribution is -2.27. The van der Waals surface area contributed by atoms with E-state index >= 15 is 0 Å². The molecule has 1 unspecified atom stereocenters. The van der Waals surface area contributed by atoms with Crippen LogP contribution in [0.3, 0.4) is 0 Å². The molecule has 2 aromatic rings. The lowest BCUT2D eigenvalue weighted by Gasteiger charge is -2.09. The Labute approximate surface area is 95.5 Å². The van der Waals surface area contributed by atoms with E-state index in [1.807, 2.05) is 6.92 Å². The summed E-state index contributed by atoms with van der Waals surface area (Å²) in [5, 5.41) is 13.0. The van der Waals surface area contributed by atoms with Gasteiger partial charge >= 0.3 is 0 Å². The van der Waals surface area contributed by atoms with Crippen LogP contribution in [0.25, 0.3) is 0 Å². The van der Waals surface area contributed by atoms with Crippen LogP contribution in [0.4, 0.5) is 0 Å². The maximum absolute atomic E-state index is 11.8. The molecule has 2 N–H and O–H groups in total. The molecule has 16 heavy (non-hydrogen) atoms. The predicted molar refractivity (Wildman–Crippen MR) is 56.9 cm³/mol. The Kier molecular flexibility index (Phi) is 2.91. The summed E-state index contributed by atoms with van der Waals surface area (Å²) in [5.74, 6) is 0.417. The van der Waals surface area contributed by atoms with E-state index in [0.717, 1.165) is 11.5 Å². The first-order chi connectivity index (χ1) is 7.68. The molecule has 84 valence electrons. The minimum atomic E-state index is -0.225. The molecule has 0 fully saturated rings. The van der Waals surface area contributed by atoms with Crippen molar-refractivity contribution in [3.63, 3.8) is 0 Å². The van der Waals surface area contributed by atoms with E-state index in [2.05, 4.69) is 30.1 Å². The van der Waals surface area contributed by atoms with E-state index in [1.54, 1.807) is 6.92 Å². The molecule has 0 aromatic carbocycles. The average Bonchev–Trinajstić information content (AvgIpc) is 2.86. The number of nitrogens with zero attached hydrogens (tertiary/aromatic N) is 4. The van der Waals surface area contributed by atoms with Crippen LogP contribution in [0, 0.1) is 6.92 Å². The molecule has 0 aliphatic rings. The second-order valence-electron chi connectivity index (χ2n) is 3.25. The number of rotatable bonds is 3. The van der Waals surface area contributed by atoms with E-state index in [-0.39, 0.29) is 11.9 Å². The highest BCUT2D eigenvalue weighted by atomic mass is 32.1. The van der Waals surface area contributed by atoms with Gasteiger partial charge in [-0.05, 0) is 25.4 Å². The van der Waals surface area contributed by atoms with Gasteiger partial charge in [-0.1, -0.05) is 4.49 Å². The van der Waals surface area contributed by atoms with E-state index < -0.39 is 0 Å². The van der Waals surface area contributed by atoms with Crippen LogP contribution in [0.1, 0.15) is 34.2 Å². The Hall–Kier alpha value is -1.83. The molecule has 1 amide bonds. The van der Waals surface area contributed by atoms with Gasteiger partial charge in [-0.25, -0.2) is 4.98 Å². The fraction of sp³-hybridized carbons (Fsp3) is 0.375. The van der Waals surface area contributed by atoms with Gasteiger partial charge in [0.15, 0.2) is 0 Å². The molecular weight excluding hydrogens is 228 g/mol. The quantitative estimate of drug-likeness (QED) is 0.809. The summed E-state index contributed by atoms with van der Waals surface area (Å²) in [6.07, 6.45) is 1.40. The Morgan fingerprint density at radius 3 is 3.00 bits per heavy atom. The molecule has 2 heterocycles. The number of aryl methyl sites for hydroxylation is 1. The van der Waals surface area contributed by atoms with Crippen molar-refractivity contribution < 1.29 is 4.79 Å². The monoisotopic (exact) mass is 238 g/mol. The highest BCUT2D eigenvalue weighted by Gasteiger charge is 2.17. The smallest absolute Gasteiger partial charge is 0.265 e. The van der Waals surface area contributed by atoms with Crippen molar-refractivity contribution in [1.82, 2.24) is 30.1 Å². The van der Waals surface area contributed by atoms with Crippen molar-refractivity contribution in [2.75, 3.05) is 0 Å². The summed E-state index contributed by atoms with van der Waals surface area (Å²) < 4.78 is 3.71. The van der Waals surface area contributed by atoms with Crippen molar-refractivity contribution in [3.8, 4) is 0 Å². The van der Waals surface area contributed by atoms with Crippen molar-refractivity contribution >= 4 is 17.4 Å². The number of aromatic amines is 1. The fourth-order valence-corrected chi connectivity index (χ4v) is 1.75. The molecule has 0 spiro atoms. The fourth-order valence-electron chi connectivity index (χ4n) is 1.19. The third-order valence-corrected chi connectivity index (χ3v) is 2.88. The van der Waals surface area contributed by atoms with Crippen LogP contribution in [-0.4, -0.2) is 30.7 Å². The van der Waals surface area contributed by atoms with Gasteiger partial charge in [-0.3, -0.25) is 9.89 Å². The zero-order valence-corrected chi connectivity index (χ0v) is 9.58. The molecule has 8 heteroatoms. The molecule has 0 bridgehead atoms. The maximum Gasteiger partial charge on any atom is 0.265 e. The molecule has 0 aliphatic carbocycles. The minimum Gasteiger partial charge on any atom is -0.342 e. The molecule has 2 aromatic heterocycles. The first kappa shape index (κ1) is 10.7. The minimum absolute atomic E-state index is 0.198. The van der Waals surface area contributed by atoms with Crippen LogP contribution < -0.4 is 5.32 Å². The number of hydrogen-bond acceptors (Lipinski definition) is 6. The molecule has 2 rings (SSSR count). The zero-order chi connectivity index (χ0) is 11.5. The van der Waals surface area contributed by atoms with Crippen LogP contribution in [0.5, 0.6) is 0 Å². The standard InChI is InChI=1S/C8H10N6OS/c1-4-6(16-14-12-4)8(15)11-5(2)7-9-3-10-13-7/h3,5H,1-2H3,(H,11,15)(H,9,10,13). The molecule has 0 radical (unpaired) electrons. The van der Waals surface area contributed by atoms with Crippen LogP contribution in [0.15, 0.2) is 6.33 Å². The Morgan fingerprint density at radius 1 is 1.62 bits per heavy atom. The summed E-state index contributed by atoms with van der Waals surface area (Å²) in [6, 6.07) is -0.225. The van der Waals surface area contributed by atoms with Gasteiger partial charge in [0.1, 0.15) is 17.0 Å². The van der Waals surface area contributed by atoms with E-state index in [9.17, 15) is 4.79 Å². The summed E-state index contributed by atoms with van der Waals surface area (Å²) in [5.41, 5.74) is 0.632. The van der Waals surface area contributed by atoms with Gasteiger partial charge in [0.25, 0.3) is 5.91 Å². The van der Waals surface area contributed by atoms with Gasteiger partial charge in [-0.2, -0.15) is 5.10 Å². The second kappa shape index (κ2) is 4.35. The third kappa shape index (κ3) is 2.06. The summed E-state index contributed by atoms with van der Waals surface area (Å²) >= 11 is 1.08. The van der Waals surface area contributed by atoms with Gasteiger partial charge in [-0.15, -0.1) is 5.10 Å². The highest BCUT2D eigenvalue weighted by molar-refractivity contribution is 7.07. The molecule has 0 saturated heterocycles. The molecule has 1 atom stereocenters. The first-order valence-corrected chi connectivity index (χ1v) is 5.41. The average molecular weight is 238 g/mol. The number of carbonyl (C=O) groups is 1. The lowest BCUT2D eigenvalue weighted by molar-refractivity contribution is 0.0941. The van der Waals surface area contributed by atoms with E-state index in [4.69, 9.17) is 0 Å². The van der Waals surface area contributed by atoms with Crippen molar-refractivity contribution in [2.45, 2.75) is 19.9 Å². The highest BCUT2D eigenvalue weighted by Crippen LogP contribution is 2.11. The Balaban J connectivity index is 2.06. The molecule has 7 nitrogen and oxygen atoms in total. The summed E-state index contributed by atoms with van der Waals surface area (Å²) in [7, 11) is 0. The van der Waals surface area contributed by atoms with E-state index in [1.165, 1.54) is 6.33 Å². The number of hydrogen-bond donors (Lipinski definition) is 2. The molecule has 0 saturated carbocycles. The van der Waals surface area contributed by atoms with Crippen molar-refractivity contribution in [1.29, 1.82) is 0 Å². The topological polar surface area (TPSA) is 96.5 Å². The number of H-pyrrole nitrogens is 1. The summed E-state index contributed by atoms with van der Waals surface area (Å²) in [4.78, 5) is 16.3. The maximum atomic E-state index is 11.8. The van der Waals surface area contributed by atoms with Gasteiger partial charge in [0.2, 0.25) is 0 Å². The second-order valence-corrected chi connectivity index (χ2v) is 4.01. The number of amides is 1. The van der Waals surface area contributed by atoms with Gasteiger partial charge in [0, 0.05) is 0 Å². The number of aromatic nitrogens is 5. The van der Waals surface area contributed by atoms with Crippen molar-refractivity contribution in [2.24, 2.45) is 0 Å². The zero-order valence-electron chi connectivity index (χ0n) is 8.76. The lowest BCUT2D eigenvalue weighted by atomic mass is 10.3. The predicted octanol–water partition coefficient (Wildman–Crippen LogP) is 0.456. The van der Waals surface area contributed by atoms with Crippen molar-refractivity contribution in [3.05, 3.63) is 22.7 Å². The Bertz CT molecular complexity index is 478. The van der Waals surface area contributed by atoms with Gasteiger partial charge < -0.3 is 5.32 Å². The molecule has 0 aliphatic heterocycles. The van der Waals surface area contributed by atoms with Crippen LogP contribution >= 0.6 is 11.5 Å². The van der Waals surface area contributed by atoms with Crippen LogP contribution in [0.2, 0.25) is 0 Å². The number of carbonyl (C=O) groups excluding carboxylic acids is 1.